The van der Waals surface area contributed by atoms with Crippen molar-refractivity contribution in [1.82, 2.24) is 4.98 Å². The number of ether oxygens (including phenoxy) is 4. The fourth-order valence-corrected chi connectivity index (χ4v) is 5.06. The van der Waals surface area contributed by atoms with E-state index in [0.29, 0.717) is 17.2 Å². The number of hydrogen-bond donors (Lipinski definition) is 0. The Balaban J connectivity index is 1.81. The molecule has 0 saturated carbocycles. The Labute approximate surface area is 170 Å². The Bertz CT molecular complexity index is 1140. The van der Waals surface area contributed by atoms with Crippen molar-refractivity contribution in [3.8, 4) is 17.2 Å². The first-order valence-electron chi connectivity index (χ1n) is 9.06. The molecule has 5 rings (SSSR count). The normalized spacial score (nSPS) is 20.0. The molecular weight excluding hydrogens is 392 g/mol. The second-order valence-electron chi connectivity index (χ2n) is 6.82. The van der Waals surface area contributed by atoms with Crippen molar-refractivity contribution in [2.45, 2.75) is 5.92 Å². The minimum atomic E-state index is -0.488. The summed E-state index contributed by atoms with van der Waals surface area (Å²) in [5.74, 6) is 0.539. The van der Waals surface area contributed by atoms with Crippen LogP contribution in [0.2, 0.25) is 0 Å². The molecule has 2 aliphatic heterocycles. The number of rotatable bonds is 4. The second kappa shape index (κ2) is 6.73. The molecule has 1 fully saturated rings. The summed E-state index contributed by atoms with van der Waals surface area (Å²) in [6.07, 6.45) is 0. The molecule has 0 bridgehead atoms. The van der Waals surface area contributed by atoms with Crippen LogP contribution in [-0.2, 0) is 9.53 Å². The molecule has 1 aromatic heterocycles. The zero-order valence-corrected chi connectivity index (χ0v) is 16.9. The summed E-state index contributed by atoms with van der Waals surface area (Å²) in [5.41, 5.74) is 6.12. The first-order valence-corrected chi connectivity index (χ1v) is 9.94. The van der Waals surface area contributed by atoms with Crippen molar-refractivity contribution in [1.29, 1.82) is 0 Å². The Kier molecular flexibility index (Phi) is 4.16. The summed E-state index contributed by atoms with van der Waals surface area (Å²) in [6.45, 7) is 0.213. The van der Waals surface area contributed by atoms with Gasteiger partial charge in [-0.25, -0.2) is 4.98 Å². The van der Waals surface area contributed by atoms with E-state index in [2.05, 4.69) is 4.98 Å². The summed E-state index contributed by atoms with van der Waals surface area (Å²) in [4.78, 5) is 21.9. The maximum Gasteiger partial charge on any atom is 0.316 e. The number of esters is 1. The largest absolute Gasteiger partial charge is 0.493 e. The number of aliphatic imine (C=N–C) groups is 1. The van der Waals surface area contributed by atoms with E-state index >= 15 is 0 Å². The third kappa shape index (κ3) is 2.59. The Morgan fingerprint density at radius 3 is 2.52 bits per heavy atom. The van der Waals surface area contributed by atoms with Crippen LogP contribution in [0.4, 0.5) is 5.69 Å². The van der Waals surface area contributed by atoms with Gasteiger partial charge in [0.1, 0.15) is 12.5 Å². The van der Waals surface area contributed by atoms with Crippen molar-refractivity contribution >= 4 is 38.9 Å². The zero-order chi connectivity index (χ0) is 20.1. The van der Waals surface area contributed by atoms with Gasteiger partial charge in [-0.2, -0.15) is 0 Å². The lowest BCUT2D eigenvalue weighted by Gasteiger charge is -2.28. The number of methoxy groups -OCH3 is 3. The van der Waals surface area contributed by atoms with E-state index < -0.39 is 5.92 Å². The van der Waals surface area contributed by atoms with E-state index in [-0.39, 0.29) is 18.5 Å². The number of thiazole rings is 1. The van der Waals surface area contributed by atoms with Gasteiger partial charge >= 0.3 is 5.97 Å². The minimum Gasteiger partial charge on any atom is -0.493 e. The SMILES string of the molecule is COc1cc(C2c3c(ccc4ncsc34)N=C3COC(=O)C32)cc(OC)c1OC. The van der Waals surface area contributed by atoms with E-state index in [1.165, 1.54) is 0 Å². The molecule has 7 nitrogen and oxygen atoms in total. The number of benzene rings is 2. The number of cyclic esters (lactones) is 1. The quantitative estimate of drug-likeness (QED) is 0.610. The highest BCUT2D eigenvalue weighted by Gasteiger charge is 2.46. The molecule has 2 unspecified atom stereocenters. The third-order valence-corrected chi connectivity index (χ3v) is 6.32. The van der Waals surface area contributed by atoms with Gasteiger partial charge in [0.2, 0.25) is 5.75 Å². The topological polar surface area (TPSA) is 79.2 Å². The first kappa shape index (κ1) is 17.9. The van der Waals surface area contributed by atoms with Crippen LogP contribution in [0, 0.1) is 5.92 Å². The van der Waals surface area contributed by atoms with Crippen molar-refractivity contribution < 1.29 is 23.7 Å². The van der Waals surface area contributed by atoms with E-state index in [1.54, 1.807) is 32.7 Å². The number of fused-ring (bicyclic) bond motifs is 4. The van der Waals surface area contributed by atoms with Crippen LogP contribution in [0.1, 0.15) is 17.0 Å². The zero-order valence-electron chi connectivity index (χ0n) is 16.1. The molecule has 0 N–H and O–H groups in total. The average Bonchev–Trinajstić information content (AvgIpc) is 3.37. The predicted molar refractivity (Wildman–Crippen MR) is 109 cm³/mol. The van der Waals surface area contributed by atoms with Gasteiger partial charge in [-0.05, 0) is 29.8 Å². The van der Waals surface area contributed by atoms with Gasteiger partial charge in [0.15, 0.2) is 11.5 Å². The Morgan fingerprint density at radius 1 is 1.07 bits per heavy atom. The van der Waals surface area contributed by atoms with Crippen molar-refractivity contribution in [2.75, 3.05) is 27.9 Å². The highest BCUT2D eigenvalue weighted by molar-refractivity contribution is 7.17. The van der Waals surface area contributed by atoms with Crippen LogP contribution in [0.15, 0.2) is 34.8 Å². The van der Waals surface area contributed by atoms with Crippen LogP contribution in [0.25, 0.3) is 10.2 Å². The molecule has 0 radical (unpaired) electrons. The number of carbonyl (C=O) groups excluding carboxylic acids is 1. The van der Waals surface area contributed by atoms with Gasteiger partial charge in [-0.15, -0.1) is 11.3 Å². The molecule has 148 valence electrons. The lowest BCUT2D eigenvalue weighted by molar-refractivity contribution is -0.141. The molecule has 29 heavy (non-hydrogen) atoms. The highest BCUT2D eigenvalue weighted by atomic mass is 32.1. The van der Waals surface area contributed by atoms with Crippen molar-refractivity contribution in [3.63, 3.8) is 0 Å². The van der Waals surface area contributed by atoms with Crippen LogP contribution < -0.4 is 14.2 Å². The fourth-order valence-electron chi connectivity index (χ4n) is 4.19. The molecule has 0 spiro atoms. The monoisotopic (exact) mass is 410 g/mol. The van der Waals surface area contributed by atoms with Crippen molar-refractivity contribution in [3.05, 3.63) is 40.9 Å². The van der Waals surface area contributed by atoms with E-state index in [1.807, 2.05) is 29.8 Å². The molecule has 3 aromatic rings. The summed E-state index contributed by atoms with van der Waals surface area (Å²) >= 11 is 1.54. The van der Waals surface area contributed by atoms with Gasteiger partial charge in [-0.3, -0.25) is 9.79 Å². The molecule has 1 saturated heterocycles. The second-order valence-corrected chi connectivity index (χ2v) is 7.68. The predicted octanol–water partition coefficient (Wildman–Crippen LogP) is 3.71. The fraction of sp³-hybridized carbons (Fsp3) is 0.286. The van der Waals surface area contributed by atoms with Crippen LogP contribution in [0.5, 0.6) is 17.2 Å². The van der Waals surface area contributed by atoms with E-state index in [4.69, 9.17) is 23.9 Å². The maximum atomic E-state index is 12.7. The summed E-state index contributed by atoms with van der Waals surface area (Å²) in [6, 6.07) is 7.70. The summed E-state index contributed by atoms with van der Waals surface area (Å²) < 4.78 is 22.9. The molecule has 3 heterocycles. The van der Waals surface area contributed by atoms with Gasteiger partial charge in [0.05, 0.1) is 48.5 Å². The van der Waals surface area contributed by atoms with Gasteiger partial charge in [-0.1, -0.05) is 0 Å². The number of carbonyl (C=O) groups is 1. The summed E-state index contributed by atoms with van der Waals surface area (Å²) in [5, 5.41) is 0. The lowest BCUT2D eigenvalue weighted by Crippen LogP contribution is -2.28. The Hall–Kier alpha value is -3.13. The van der Waals surface area contributed by atoms with Gasteiger partial charge in [0.25, 0.3) is 0 Å². The van der Waals surface area contributed by atoms with E-state index in [0.717, 1.165) is 32.7 Å². The number of hydrogen-bond acceptors (Lipinski definition) is 8. The molecule has 2 aromatic carbocycles. The van der Waals surface area contributed by atoms with Crippen LogP contribution >= 0.6 is 11.3 Å². The highest BCUT2D eigenvalue weighted by Crippen LogP contribution is 2.51. The summed E-state index contributed by atoms with van der Waals surface area (Å²) in [7, 11) is 4.72. The third-order valence-electron chi connectivity index (χ3n) is 5.44. The van der Waals surface area contributed by atoms with Crippen LogP contribution in [0.3, 0.4) is 0 Å². The maximum absolute atomic E-state index is 12.7. The van der Waals surface area contributed by atoms with Crippen molar-refractivity contribution in [2.24, 2.45) is 10.9 Å². The minimum absolute atomic E-state index is 0.213. The molecule has 0 amide bonds. The Morgan fingerprint density at radius 2 is 1.83 bits per heavy atom. The van der Waals surface area contributed by atoms with Crippen LogP contribution in [-0.4, -0.2) is 44.6 Å². The number of nitrogens with zero attached hydrogens (tertiary/aromatic N) is 2. The molecule has 8 heteroatoms. The van der Waals surface area contributed by atoms with Gasteiger partial charge in [0, 0.05) is 11.5 Å². The van der Waals surface area contributed by atoms with E-state index in [9.17, 15) is 4.79 Å². The standard InChI is InChI=1S/C21H18N2O5S/c1-25-14-6-10(7-15(26-2)19(14)27-3)16-17-11(4-5-12-20(17)29-9-22-12)23-13-8-28-21(24)18(13)16/h4-7,9,16,18H,8H2,1-3H3. The first-order chi connectivity index (χ1) is 14.2. The molecular formula is C21H18N2O5S. The average molecular weight is 410 g/mol. The molecule has 2 atom stereocenters. The van der Waals surface area contributed by atoms with Gasteiger partial charge < -0.3 is 18.9 Å². The molecule has 0 aliphatic carbocycles. The smallest absolute Gasteiger partial charge is 0.316 e. The lowest BCUT2D eigenvalue weighted by atomic mass is 9.76. The molecule has 2 aliphatic rings. The number of aromatic nitrogens is 1.